The molecular weight excluding hydrogens is 336 g/mol. The summed E-state index contributed by atoms with van der Waals surface area (Å²) in [5.74, 6) is 0.0637. The normalized spacial score (nSPS) is 21.0. The van der Waals surface area contributed by atoms with Crippen LogP contribution in [0.25, 0.3) is 0 Å². The van der Waals surface area contributed by atoms with Gasteiger partial charge in [-0.15, -0.1) is 0 Å². The van der Waals surface area contributed by atoms with Crippen molar-refractivity contribution in [3.63, 3.8) is 0 Å². The van der Waals surface area contributed by atoms with Crippen LogP contribution >= 0.6 is 0 Å². The van der Waals surface area contributed by atoms with Gasteiger partial charge in [0.2, 0.25) is 5.91 Å². The van der Waals surface area contributed by atoms with E-state index in [9.17, 15) is 18.0 Å². The Hall–Kier alpha value is -2.13. The molecule has 2 heterocycles. The zero-order valence-electron chi connectivity index (χ0n) is 13.4. The Kier molecular flexibility index (Phi) is 4.22. The van der Waals surface area contributed by atoms with Gasteiger partial charge in [0.15, 0.2) is 0 Å². The van der Waals surface area contributed by atoms with Crippen LogP contribution in [0.5, 0.6) is 0 Å². The van der Waals surface area contributed by atoms with Crippen LogP contribution in [0.4, 0.5) is 16.2 Å². The van der Waals surface area contributed by atoms with Gasteiger partial charge in [0.05, 0.1) is 12.8 Å². The number of rotatable bonds is 4. The van der Waals surface area contributed by atoms with E-state index in [2.05, 4.69) is 4.18 Å². The first-order valence-electron chi connectivity index (χ1n) is 7.46. The molecule has 0 radical (unpaired) electrons. The highest BCUT2D eigenvalue weighted by Crippen LogP contribution is 2.32. The van der Waals surface area contributed by atoms with Gasteiger partial charge < -0.3 is 9.64 Å². The summed E-state index contributed by atoms with van der Waals surface area (Å²) >= 11 is 0. The summed E-state index contributed by atoms with van der Waals surface area (Å²) in [5, 5.41) is 0. The molecule has 2 aliphatic heterocycles. The Morgan fingerprint density at radius 1 is 1.29 bits per heavy atom. The van der Waals surface area contributed by atoms with E-state index in [1.165, 1.54) is 4.90 Å². The second-order valence-corrected chi connectivity index (χ2v) is 7.51. The highest BCUT2D eigenvalue weighted by Gasteiger charge is 2.34. The molecule has 130 valence electrons. The molecule has 1 saturated heterocycles. The number of hydrogen-bond donors (Lipinski definition) is 0. The minimum absolute atomic E-state index is 0.0637. The van der Waals surface area contributed by atoms with E-state index in [0.29, 0.717) is 18.5 Å². The molecular formula is C15H18N2O6S. The largest absolute Gasteiger partial charge is 0.441 e. The van der Waals surface area contributed by atoms with E-state index in [-0.39, 0.29) is 19.1 Å². The molecule has 0 saturated carbocycles. The zero-order chi connectivity index (χ0) is 17.5. The van der Waals surface area contributed by atoms with Crippen molar-refractivity contribution in [1.82, 2.24) is 0 Å². The fraction of sp³-hybridized carbons (Fsp3) is 0.467. The molecule has 1 aromatic carbocycles. The van der Waals surface area contributed by atoms with Crippen molar-refractivity contribution >= 4 is 33.5 Å². The van der Waals surface area contributed by atoms with Crippen LogP contribution in [0.3, 0.4) is 0 Å². The van der Waals surface area contributed by atoms with Crippen LogP contribution in [0.15, 0.2) is 18.2 Å². The monoisotopic (exact) mass is 354 g/mol. The minimum Gasteiger partial charge on any atom is -0.441 e. The van der Waals surface area contributed by atoms with Crippen molar-refractivity contribution in [3.8, 4) is 0 Å². The standard InChI is InChI=1S/C15H18N2O6S/c1-16-13-5-4-11(7-10(13)3-6-14(16)18)17-8-12(23-15(17)19)9-22-24(2,20)21/h4-5,7,12H,3,6,8-9H2,1-2H3/t12-/m1/s1. The van der Waals surface area contributed by atoms with Crippen molar-refractivity contribution in [2.75, 3.05) is 36.3 Å². The molecule has 1 aromatic rings. The molecule has 1 fully saturated rings. The van der Waals surface area contributed by atoms with Gasteiger partial charge in [-0.1, -0.05) is 0 Å². The maximum absolute atomic E-state index is 12.0. The number of benzene rings is 1. The van der Waals surface area contributed by atoms with Crippen molar-refractivity contribution < 1.29 is 26.9 Å². The first-order valence-corrected chi connectivity index (χ1v) is 9.28. The van der Waals surface area contributed by atoms with Crippen molar-refractivity contribution in [2.45, 2.75) is 18.9 Å². The van der Waals surface area contributed by atoms with E-state index in [0.717, 1.165) is 17.5 Å². The fourth-order valence-corrected chi connectivity index (χ4v) is 3.23. The lowest BCUT2D eigenvalue weighted by Gasteiger charge is -2.27. The average Bonchev–Trinajstić information content (AvgIpc) is 2.89. The zero-order valence-corrected chi connectivity index (χ0v) is 14.2. The van der Waals surface area contributed by atoms with Crippen LogP contribution in [0.1, 0.15) is 12.0 Å². The van der Waals surface area contributed by atoms with E-state index in [4.69, 9.17) is 4.74 Å². The topological polar surface area (TPSA) is 93.2 Å². The van der Waals surface area contributed by atoms with Gasteiger partial charge in [-0.3, -0.25) is 13.9 Å². The first kappa shape index (κ1) is 16.7. The van der Waals surface area contributed by atoms with Crippen molar-refractivity contribution in [3.05, 3.63) is 23.8 Å². The molecule has 0 aliphatic carbocycles. The Labute approximate surface area is 140 Å². The Morgan fingerprint density at radius 3 is 2.75 bits per heavy atom. The summed E-state index contributed by atoms with van der Waals surface area (Å²) in [6.45, 7) is 0.00512. The third-order valence-corrected chi connectivity index (χ3v) is 4.62. The molecule has 0 bridgehead atoms. The molecule has 24 heavy (non-hydrogen) atoms. The number of amides is 2. The number of nitrogens with zero attached hydrogens (tertiary/aromatic N) is 2. The van der Waals surface area contributed by atoms with Gasteiger partial charge in [0.1, 0.15) is 12.7 Å². The number of carbonyl (C=O) groups is 2. The SMILES string of the molecule is CN1C(=O)CCc2cc(N3C[C@H](COS(C)(=O)=O)OC3=O)ccc21. The number of ether oxygens (including phenoxy) is 1. The second-order valence-electron chi connectivity index (χ2n) is 5.87. The Bertz CT molecular complexity index is 791. The summed E-state index contributed by atoms with van der Waals surface area (Å²) in [5.41, 5.74) is 2.47. The number of anilines is 2. The molecule has 0 spiro atoms. The molecule has 9 heteroatoms. The van der Waals surface area contributed by atoms with Gasteiger partial charge in [-0.05, 0) is 30.2 Å². The molecule has 2 amide bonds. The van der Waals surface area contributed by atoms with Crippen LogP contribution < -0.4 is 9.80 Å². The van der Waals surface area contributed by atoms with Crippen LogP contribution in [0.2, 0.25) is 0 Å². The van der Waals surface area contributed by atoms with Crippen LogP contribution in [0, 0.1) is 0 Å². The predicted molar refractivity (Wildman–Crippen MR) is 86.6 cm³/mol. The highest BCUT2D eigenvalue weighted by atomic mass is 32.2. The van der Waals surface area contributed by atoms with Gasteiger partial charge in [0.25, 0.3) is 10.1 Å². The fourth-order valence-electron chi connectivity index (χ4n) is 2.83. The van der Waals surface area contributed by atoms with Crippen LogP contribution in [-0.2, 0) is 30.3 Å². The quantitative estimate of drug-likeness (QED) is 0.746. The lowest BCUT2D eigenvalue weighted by atomic mass is 10.0. The lowest BCUT2D eigenvalue weighted by molar-refractivity contribution is -0.118. The van der Waals surface area contributed by atoms with E-state index in [1.54, 1.807) is 24.1 Å². The summed E-state index contributed by atoms with van der Waals surface area (Å²) in [7, 11) is -1.86. The molecule has 3 rings (SSSR count). The smallest absolute Gasteiger partial charge is 0.414 e. The summed E-state index contributed by atoms with van der Waals surface area (Å²) in [6.07, 6.45) is 0.811. The Morgan fingerprint density at radius 2 is 2.04 bits per heavy atom. The number of hydrogen-bond acceptors (Lipinski definition) is 6. The van der Waals surface area contributed by atoms with Crippen molar-refractivity contribution in [2.24, 2.45) is 0 Å². The molecule has 0 aromatic heterocycles. The lowest BCUT2D eigenvalue weighted by Crippen LogP contribution is -2.31. The third-order valence-electron chi connectivity index (χ3n) is 4.06. The van der Waals surface area contributed by atoms with Crippen molar-refractivity contribution in [1.29, 1.82) is 0 Å². The van der Waals surface area contributed by atoms with Gasteiger partial charge >= 0.3 is 6.09 Å². The third kappa shape index (κ3) is 3.36. The molecule has 8 nitrogen and oxygen atoms in total. The Balaban J connectivity index is 1.75. The average molecular weight is 354 g/mol. The highest BCUT2D eigenvalue weighted by molar-refractivity contribution is 7.85. The van der Waals surface area contributed by atoms with Gasteiger partial charge in [0, 0.05) is 24.8 Å². The molecule has 2 aliphatic rings. The summed E-state index contributed by atoms with van der Waals surface area (Å²) in [4.78, 5) is 26.8. The van der Waals surface area contributed by atoms with E-state index < -0.39 is 22.3 Å². The maximum Gasteiger partial charge on any atom is 0.414 e. The van der Waals surface area contributed by atoms with Gasteiger partial charge in [-0.25, -0.2) is 4.79 Å². The summed E-state index contributed by atoms with van der Waals surface area (Å²) in [6, 6.07) is 5.41. The predicted octanol–water partition coefficient (Wildman–Crippen LogP) is 0.897. The minimum atomic E-state index is -3.58. The summed E-state index contributed by atoms with van der Waals surface area (Å²) < 4.78 is 31.9. The number of cyclic esters (lactones) is 1. The molecule has 0 unspecified atom stereocenters. The number of aryl methyl sites for hydroxylation is 1. The number of fused-ring (bicyclic) bond motifs is 1. The molecule has 0 N–H and O–H groups in total. The van der Waals surface area contributed by atoms with Gasteiger partial charge in [-0.2, -0.15) is 8.42 Å². The van der Waals surface area contributed by atoms with Crippen LogP contribution in [-0.4, -0.2) is 53.0 Å². The first-order chi connectivity index (χ1) is 11.2. The molecule has 1 atom stereocenters. The van der Waals surface area contributed by atoms with E-state index >= 15 is 0 Å². The van der Waals surface area contributed by atoms with E-state index in [1.807, 2.05) is 6.07 Å². The maximum atomic E-state index is 12.0. The second kappa shape index (κ2) is 6.06. The number of carbonyl (C=O) groups excluding carboxylic acids is 2.